The van der Waals surface area contributed by atoms with Gasteiger partial charge in [0, 0.05) is 24.0 Å². The third-order valence-corrected chi connectivity index (χ3v) is 4.90. The summed E-state index contributed by atoms with van der Waals surface area (Å²) < 4.78 is 5.58. The standard InChI is InChI=1S/C18H27N3O3S/c1-11-6-4-5-7-16(11)19-18(25)21-20-12(2)15-10-14(24-13(15)3)8-9-17(22)23/h10-11,16H,4-9H2,1-3H3,(H,22,23)(H2,19,21,25)/p-1/b20-12-/t11-,16-/m0/s1. The van der Waals surface area contributed by atoms with E-state index in [1.165, 1.54) is 19.3 Å². The molecule has 1 aromatic heterocycles. The van der Waals surface area contributed by atoms with Crippen LogP contribution in [0, 0.1) is 12.8 Å². The van der Waals surface area contributed by atoms with E-state index in [0.717, 1.165) is 17.7 Å². The first kappa shape index (κ1) is 19.4. The molecular formula is C18H26N3O3S-. The SMILES string of the molecule is C/C(=N/NC(=S)N[C@H]1CCCC[C@@H]1C)c1cc(CCC(=O)[O-])oc1C. The van der Waals surface area contributed by atoms with Crippen molar-refractivity contribution in [1.82, 2.24) is 10.7 Å². The van der Waals surface area contributed by atoms with Gasteiger partial charge in [0.15, 0.2) is 5.11 Å². The highest BCUT2D eigenvalue weighted by atomic mass is 32.1. The maximum atomic E-state index is 10.6. The van der Waals surface area contributed by atoms with Crippen LogP contribution in [0.3, 0.4) is 0 Å². The normalized spacial score (nSPS) is 21.0. The molecule has 1 aliphatic carbocycles. The summed E-state index contributed by atoms with van der Waals surface area (Å²) in [5.41, 5.74) is 4.48. The Kier molecular flexibility index (Phi) is 6.99. The van der Waals surface area contributed by atoms with Gasteiger partial charge in [0.05, 0.1) is 5.71 Å². The number of hydrogen-bond donors (Lipinski definition) is 2. The van der Waals surface area contributed by atoms with E-state index in [2.05, 4.69) is 22.8 Å². The van der Waals surface area contributed by atoms with Crippen LogP contribution in [-0.2, 0) is 11.2 Å². The molecule has 7 heteroatoms. The molecule has 138 valence electrons. The fraction of sp³-hybridized carbons (Fsp3) is 0.611. The van der Waals surface area contributed by atoms with Crippen LogP contribution in [0.25, 0.3) is 0 Å². The molecule has 1 saturated carbocycles. The summed E-state index contributed by atoms with van der Waals surface area (Å²) >= 11 is 5.34. The van der Waals surface area contributed by atoms with Crippen molar-refractivity contribution in [3.8, 4) is 0 Å². The zero-order valence-corrected chi connectivity index (χ0v) is 15.9. The number of furan rings is 1. The van der Waals surface area contributed by atoms with Crippen molar-refractivity contribution in [1.29, 1.82) is 0 Å². The van der Waals surface area contributed by atoms with E-state index in [1.807, 2.05) is 19.9 Å². The van der Waals surface area contributed by atoms with Crippen LogP contribution in [0.15, 0.2) is 15.6 Å². The Labute approximate surface area is 154 Å². The summed E-state index contributed by atoms with van der Waals surface area (Å²) in [4.78, 5) is 10.6. The van der Waals surface area contributed by atoms with Crippen LogP contribution < -0.4 is 15.8 Å². The first-order valence-corrected chi connectivity index (χ1v) is 9.18. The molecule has 2 N–H and O–H groups in total. The van der Waals surface area contributed by atoms with Gasteiger partial charge in [0.1, 0.15) is 11.5 Å². The molecule has 0 unspecified atom stereocenters. The Bertz CT molecular complexity index is 654. The van der Waals surface area contributed by atoms with Gasteiger partial charge in [-0.05, 0) is 57.3 Å². The zero-order chi connectivity index (χ0) is 18.4. The molecule has 1 aliphatic rings. The van der Waals surface area contributed by atoms with Crippen molar-refractivity contribution in [3.63, 3.8) is 0 Å². The minimum atomic E-state index is -1.09. The van der Waals surface area contributed by atoms with E-state index in [4.69, 9.17) is 16.6 Å². The summed E-state index contributed by atoms with van der Waals surface area (Å²) in [5, 5.41) is 18.8. The molecule has 0 saturated heterocycles. The second-order valence-electron chi connectivity index (χ2n) is 6.71. The molecule has 1 aromatic rings. The molecule has 0 bridgehead atoms. The highest BCUT2D eigenvalue weighted by Crippen LogP contribution is 2.23. The van der Waals surface area contributed by atoms with Crippen molar-refractivity contribution in [2.45, 2.75) is 65.3 Å². The molecule has 6 nitrogen and oxygen atoms in total. The van der Waals surface area contributed by atoms with Crippen molar-refractivity contribution in [3.05, 3.63) is 23.2 Å². The van der Waals surface area contributed by atoms with Gasteiger partial charge in [-0.2, -0.15) is 5.10 Å². The van der Waals surface area contributed by atoms with Gasteiger partial charge in [-0.15, -0.1) is 0 Å². The lowest BCUT2D eigenvalue weighted by atomic mass is 9.86. The van der Waals surface area contributed by atoms with Crippen molar-refractivity contribution in [2.75, 3.05) is 0 Å². The molecule has 0 amide bonds. The Hall–Kier alpha value is -1.89. The second kappa shape index (κ2) is 8.99. The number of aryl methyl sites for hydroxylation is 2. The predicted octanol–water partition coefficient (Wildman–Crippen LogP) is 2.04. The lowest BCUT2D eigenvalue weighted by Gasteiger charge is -2.30. The first-order chi connectivity index (χ1) is 11.9. The number of thiocarbonyl (C=S) groups is 1. The van der Waals surface area contributed by atoms with Crippen LogP contribution >= 0.6 is 12.2 Å². The molecule has 2 rings (SSSR count). The number of carboxylic acids is 1. The molecule has 1 heterocycles. The van der Waals surface area contributed by atoms with Crippen LogP contribution in [-0.4, -0.2) is 22.8 Å². The van der Waals surface area contributed by atoms with E-state index in [1.54, 1.807) is 0 Å². The number of rotatable bonds is 6. The largest absolute Gasteiger partial charge is 0.550 e. The first-order valence-electron chi connectivity index (χ1n) is 8.77. The molecule has 2 atom stereocenters. The molecule has 1 fully saturated rings. The van der Waals surface area contributed by atoms with E-state index in [9.17, 15) is 9.90 Å². The minimum Gasteiger partial charge on any atom is -0.550 e. The number of nitrogens with one attached hydrogen (secondary N) is 2. The lowest BCUT2D eigenvalue weighted by molar-refractivity contribution is -0.305. The van der Waals surface area contributed by atoms with Gasteiger partial charge in [0.25, 0.3) is 0 Å². The number of carbonyl (C=O) groups excluding carboxylic acids is 1. The smallest absolute Gasteiger partial charge is 0.187 e. The van der Waals surface area contributed by atoms with Crippen molar-refractivity contribution in [2.24, 2.45) is 11.0 Å². The second-order valence-corrected chi connectivity index (χ2v) is 7.11. The third kappa shape index (κ3) is 5.85. The summed E-state index contributed by atoms with van der Waals surface area (Å²) in [7, 11) is 0. The van der Waals surface area contributed by atoms with Gasteiger partial charge in [-0.25, -0.2) is 0 Å². The molecule has 0 aliphatic heterocycles. The summed E-state index contributed by atoms with van der Waals surface area (Å²) in [6.07, 6.45) is 5.13. The van der Waals surface area contributed by atoms with Gasteiger partial charge < -0.3 is 19.6 Å². The Morgan fingerprint density at radius 3 is 2.84 bits per heavy atom. The maximum Gasteiger partial charge on any atom is 0.187 e. The van der Waals surface area contributed by atoms with Crippen molar-refractivity contribution < 1.29 is 14.3 Å². The average Bonchev–Trinajstić information content (AvgIpc) is 2.94. The Balaban J connectivity index is 1.91. The van der Waals surface area contributed by atoms with E-state index in [0.29, 0.717) is 35.0 Å². The van der Waals surface area contributed by atoms with Gasteiger partial charge in [-0.3, -0.25) is 5.43 Å². The lowest BCUT2D eigenvalue weighted by Crippen LogP contribution is -2.44. The summed E-state index contributed by atoms with van der Waals surface area (Å²) in [6, 6.07) is 2.22. The molecule has 0 spiro atoms. The fourth-order valence-electron chi connectivity index (χ4n) is 3.18. The topological polar surface area (TPSA) is 89.7 Å². The third-order valence-electron chi connectivity index (χ3n) is 4.69. The van der Waals surface area contributed by atoms with E-state index < -0.39 is 5.97 Å². The maximum absolute atomic E-state index is 10.6. The number of nitrogens with zero attached hydrogens (tertiary/aromatic N) is 1. The molecule has 25 heavy (non-hydrogen) atoms. The summed E-state index contributed by atoms with van der Waals surface area (Å²) in [5.74, 6) is 0.844. The van der Waals surface area contributed by atoms with Gasteiger partial charge >= 0.3 is 0 Å². The summed E-state index contributed by atoms with van der Waals surface area (Å²) in [6.45, 7) is 5.94. The fourth-order valence-corrected chi connectivity index (χ4v) is 3.37. The number of hydrogen-bond acceptors (Lipinski definition) is 5. The number of carbonyl (C=O) groups is 1. The van der Waals surface area contributed by atoms with Crippen molar-refractivity contribution >= 4 is 29.0 Å². The molecule has 0 radical (unpaired) electrons. The predicted molar refractivity (Wildman–Crippen MR) is 99.3 cm³/mol. The number of aliphatic carboxylic acids is 1. The minimum absolute atomic E-state index is 0.0611. The monoisotopic (exact) mass is 364 g/mol. The van der Waals surface area contributed by atoms with Crippen LogP contribution in [0.1, 0.15) is 63.0 Å². The molecular weight excluding hydrogens is 338 g/mol. The Morgan fingerprint density at radius 2 is 2.16 bits per heavy atom. The highest BCUT2D eigenvalue weighted by Gasteiger charge is 2.21. The van der Waals surface area contributed by atoms with E-state index >= 15 is 0 Å². The highest BCUT2D eigenvalue weighted by molar-refractivity contribution is 7.80. The Morgan fingerprint density at radius 1 is 1.44 bits per heavy atom. The van der Waals surface area contributed by atoms with Gasteiger partial charge in [-0.1, -0.05) is 19.8 Å². The average molecular weight is 364 g/mol. The quantitative estimate of drug-likeness (QED) is 0.456. The van der Waals surface area contributed by atoms with E-state index in [-0.39, 0.29) is 6.42 Å². The molecule has 0 aromatic carbocycles. The number of hydrazone groups is 1. The zero-order valence-electron chi connectivity index (χ0n) is 15.1. The van der Waals surface area contributed by atoms with Crippen LogP contribution in [0.2, 0.25) is 0 Å². The van der Waals surface area contributed by atoms with Gasteiger partial charge in [0.2, 0.25) is 0 Å². The van der Waals surface area contributed by atoms with Crippen LogP contribution in [0.5, 0.6) is 0 Å². The van der Waals surface area contributed by atoms with Crippen LogP contribution in [0.4, 0.5) is 0 Å². The number of carboxylic acid groups (broad SMARTS) is 1.